The number of hydrogen-bond donors (Lipinski definition) is 2. The monoisotopic (exact) mass is 424 g/mol. The zero-order valence-electron chi connectivity index (χ0n) is 18.4. The van der Waals surface area contributed by atoms with Crippen molar-refractivity contribution in [1.29, 1.82) is 0 Å². The maximum Gasteiger partial charge on any atom is 0.229 e. The summed E-state index contributed by atoms with van der Waals surface area (Å²) in [5.74, 6) is 3.42. The number of aryl methyl sites for hydroxylation is 1. The van der Waals surface area contributed by atoms with E-state index in [1.165, 1.54) is 12.8 Å². The van der Waals surface area contributed by atoms with Crippen molar-refractivity contribution in [3.63, 3.8) is 0 Å². The predicted molar refractivity (Wildman–Crippen MR) is 122 cm³/mol. The zero-order chi connectivity index (χ0) is 21.2. The molecule has 2 saturated heterocycles. The Morgan fingerprint density at radius 1 is 1.19 bits per heavy atom. The van der Waals surface area contributed by atoms with Crippen LogP contribution in [0.1, 0.15) is 37.3 Å². The average Bonchev–Trinajstić information content (AvgIpc) is 3.45. The quantitative estimate of drug-likeness (QED) is 0.626. The zero-order valence-corrected chi connectivity index (χ0v) is 18.4. The van der Waals surface area contributed by atoms with Crippen LogP contribution in [-0.4, -0.2) is 65.8 Å². The van der Waals surface area contributed by atoms with Gasteiger partial charge >= 0.3 is 0 Å². The molecule has 0 amide bonds. The Hall–Kier alpha value is -2.58. The van der Waals surface area contributed by atoms with E-state index in [4.69, 9.17) is 19.1 Å². The Bertz CT molecular complexity index is 987. The lowest BCUT2D eigenvalue weighted by atomic mass is 9.97. The van der Waals surface area contributed by atoms with Gasteiger partial charge in [-0.25, -0.2) is 0 Å². The molecule has 2 fully saturated rings. The fraction of sp³-hybridized carbons (Fsp3) is 0.565. The van der Waals surface area contributed by atoms with Crippen LogP contribution >= 0.6 is 0 Å². The molecule has 0 aromatic carbocycles. The second-order valence-corrected chi connectivity index (χ2v) is 8.82. The highest BCUT2D eigenvalue weighted by Gasteiger charge is 2.27. The number of anilines is 2. The molecule has 1 atom stereocenters. The number of nitrogens with zero attached hydrogens (tertiary/aromatic N) is 4. The standard InChI is InChI=1S/C23H32N6O2/c1-16-5-7-28(8-6-16)19(20-4-3-11-31-20)15-24-21-18-14-17(2)25-22(18)27-23(26-21)29-9-12-30-13-10-29/h3-4,11,14,16,19H,5-10,12-13,15H2,1-2H3,(H2,24,25,26,27). The van der Waals surface area contributed by atoms with E-state index in [0.717, 1.165) is 72.9 Å². The van der Waals surface area contributed by atoms with Crippen molar-refractivity contribution in [2.24, 2.45) is 5.92 Å². The summed E-state index contributed by atoms with van der Waals surface area (Å²) in [4.78, 5) is 17.8. The largest absolute Gasteiger partial charge is 0.468 e. The predicted octanol–water partition coefficient (Wildman–Crippen LogP) is 3.58. The van der Waals surface area contributed by atoms with Gasteiger partial charge < -0.3 is 24.4 Å². The van der Waals surface area contributed by atoms with Crippen LogP contribution in [-0.2, 0) is 4.74 Å². The second-order valence-electron chi connectivity index (χ2n) is 8.82. The van der Waals surface area contributed by atoms with Gasteiger partial charge in [-0.05, 0) is 57.0 Å². The SMILES string of the molecule is Cc1cc2c(NCC(c3ccco3)N3CCC(C)CC3)nc(N3CCOCC3)nc2[nH]1. The van der Waals surface area contributed by atoms with Crippen molar-refractivity contribution < 1.29 is 9.15 Å². The molecule has 31 heavy (non-hydrogen) atoms. The fourth-order valence-corrected chi connectivity index (χ4v) is 4.59. The summed E-state index contributed by atoms with van der Waals surface area (Å²) in [5, 5.41) is 4.67. The first-order valence-electron chi connectivity index (χ1n) is 11.4. The number of nitrogens with one attached hydrogen (secondary N) is 2. The van der Waals surface area contributed by atoms with Gasteiger partial charge in [-0.3, -0.25) is 4.90 Å². The van der Waals surface area contributed by atoms with Gasteiger partial charge in [0.2, 0.25) is 5.95 Å². The van der Waals surface area contributed by atoms with Crippen LogP contribution in [0.25, 0.3) is 11.0 Å². The summed E-state index contributed by atoms with van der Waals surface area (Å²) in [7, 11) is 0. The normalized spacial score (nSPS) is 19.7. The number of ether oxygens (including phenoxy) is 1. The van der Waals surface area contributed by atoms with E-state index in [1.54, 1.807) is 6.26 Å². The Balaban J connectivity index is 1.41. The van der Waals surface area contributed by atoms with Gasteiger partial charge in [0.15, 0.2) is 0 Å². The van der Waals surface area contributed by atoms with Crippen LogP contribution in [0.4, 0.5) is 11.8 Å². The second kappa shape index (κ2) is 8.88. The number of aromatic amines is 1. The number of fused-ring (bicyclic) bond motifs is 1. The molecular weight excluding hydrogens is 392 g/mol. The van der Waals surface area contributed by atoms with Gasteiger partial charge in [0.25, 0.3) is 0 Å². The van der Waals surface area contributed by atoms with E-state index in [1.807, 2.05) is 6.07 Å². The van der Waals surface area contributed by atoms with Gasteiger partial charge in [0.05, 0.1) is 30.9 Å². The minimum atomic E-state index is 0.180. The molecule has 3 aromatic heterocycles. The first-order chi connectivity index (χ1) is 15.2. The highest BCUT2D eigenvalue weighted by Crippen LogP contribution is 2.29. The molecule has 8 nitrogen and oxygen atoms in total. The molecule has 0 radical (unpaired) electrons. The maximum atomic E-state index is 5.83. The van der Waals surface area contributed by atoms with E-state index < -0.39 is 0 Å². The summed E-state index contributed by atoms with van der Waals surface area (Å²) >= 11 is 0. The summed E-state index contributed by atoms with van der Waals surface area (Å²) in [6.45, 7) is 10.4. The molecule has 5 rings (SSSR count). The molecule has 0 aliphatic carbocycles. The lowest BCUT2D eigenvalue weighted by Gasteiger charge is -2.36. The minimum absolute atomic E-state index is 0.180. The average molecular weight is 425 g/mol. The highest BCUT2D eigenvalue weighted by molar-refractivity contribution is 5.89. The molecule has 0 saturated carbocycles. The molecule has 5 heterocycles. The molecule has 166 valence electrons. The van der Waals surface area contributed by atoms with Crippen LogP contribution in [0.5, 0.6) is 0 Å². The van der Waals surface area contributed by atoms with Gasteiger partial charge in [-0.15, -0.1) is 0 Å². The van der Waals surface area contributed by atoms with E-state index in [-0.39, 0.29) is 6.04 Å². The number of morpholine rings is 1. The first-order valence-corrected chi connectivity index (χ1v) is 11.4. The molecule has 8 heteroatoms. The Morgan fingerprint density at radius 3 is 2.74 bits per heavy atom. The number of piperidine rings is 1. The minimum Gasteiger partial charge on any atom is -0.468 e. The van der Waals surface area contributed by atoms with Crippen molar-refractivity contribution in [3.8, 4) is 0 Å². The lowest BCUT2D eigenvalue weighted by Crippen LogP contribution is -2.39. The molecule has 0 spiro atoms. The van der Waals surface area contributed by atoms with Crippen molar-refractivity contribution in [3.05, 3.63) is 35.9 Å². The first kappa shape index (κ1) is 20.3. The molecular formula is C23H32N6O2. The number of H-pyrrole nitrogens is 1. The van der Waals surface area contributed by atoms with Crippen LogP contribution in [0, 0.1) is 12.8 Å². The highest BCUT2D eigenvalue weighted by atomic mass is 16.5. The van der Waals surface area contributed by atoms with Crippen LogP contribution in [0.2, 0.25) is 0 Å². The lowest BCUT2D eigenvalue weighted by molar-refractivity contribution is 0.122. The van der Waals surface area contributed by atoms with Gasteiger partial charge in [0.1, 0.15) is 17.2 Å². The van der Waals surface area contributed by atoms with E-state index in [9.17, 15) is 0 Å². The Kier molecular flexibility index (Phi) is 5.82. The third-order valence-electron chi connectivity index (χ3n) is 6.50. The van der Waals surface area contributed by atoms with E-state index >= 15 is 0 Å². The summed E-state index contributed by atoms with van der Waals surface area (Å²) in [6.07, 6.45) is 4.23. The molecule has 2 aliphatic heterocycles. The third kappa shape index (κ3) is 4.41. The van der Waals surface area contributed by atoms with Gasteiger partial charge in [-0.1, -0.05) is 6.92 Å². The van der Waals surface area contributed by atoms with E-state index in [0.29, 0.717) is 13.2 Å². The Morgan fingerprint density at radius 2 is 2.00 bits per heavy atom. The number of furan rings is 1. The maximum absolute atomic E-state index is 5.83. The number of hydrogen-bond acceptors (Lipinski definition) is 7. The van der Waals surface area contributed by atoms with E-state index in [2.05, 4.69) is 46.1 Å². The summed E-state index contributed by atoms with van der Waals surface area (Å²) in [6, 6.07) is 6.36. The molecule has 1 unspecified atom stereocenters. The third-order valence-corrected chi connectivity index (χ3v) is 6.50. The van der Waals surface area contributed by atoms with Gasteiger partial charge in [0, 0.05) is 25.3 Å². The van der Waals surface area contributed by atoms with Crippen molar-refractivity contribution in [2.75, 3.05) is 56.2 Å². The van der Waals surface area contributed by atoms with Crippen LogP contribution in [0.3, 0.4) is 0 Å². The molecule has 2 aliphatic rings. The molecule has 0 bridgehead atoms. The van der Waals surface area contributed by atoms with Crippen molar-refractivity contribution in [1.82, 2.24) is 19.9 Å². The number of rotatable bonds is 6. The smallest absolute Gasteiger partial charge is 0.229 e. The number of likely N-dealkylation sites (tertiary alicyclic amines) is 1. The Labute approximate surface area is 183 Å². The summed E-state index contributed by atoms with van der Waals surface area (Å²) in [5.41, 5.74) is 1.96. The van der Waals surface area contributed by atoms with Crippen LogP contribution < -0.4 is 10.2 Å². The molecule has 2 N–H and O–H groups in total. The fourth-order valence-electron chi connectivity index (χ4n) is 4.59. The van der Waals surface area contributed by atoms with Crippen molar-refractivity contribution >= 4 is 22.8 Å². The van der Waals surface area contributed by atoms with Crippen molar-refractivity contribution in [2.45, 2.75) is 32.7 Å². The van der Waals surface area contributed by atoms with Crippen LogP contribution in [0.15, 0.2) is 28.9 Å². The topological polar surface area (TPSA) is 82.5 Å². The number of aromatic nitrogens is 3. The summed E-state index contributed by atoms with van der Waals surface area (Å²) < 4.78 is 11.3. The van der Waals surface area contributed by atoms with Gasteiger partial charge in [-0.2, -0.15) is 9.97 Å². The molecule has 3 aromatic rings.